The molecule has 0 radical (unpaired) electrons. The fourth-order valence-electron chi connectivity index (χ4n) is 2.59. The largest absolute Gasteiger partial charge is 0.397 e. The number of nitrogens with zero attached hydrogens (tertiary/aromatic N) is 4. The first-order valence-electron chi connectivity index (χ1n) is 7.15. The summed E-state index contributed by atoms with van der Waals surface area (Å²) < 4.78 is 1.72. The van der Waals surface area contributed by atoms with Gasteiger partial charge in [-0.2, -0.15) is 5.10 Å². The smallest absolute Gasteiger partial charge is 0.228 e. The molecule has 6 nitrogen and oxygen atoms in total. The number of likely N-dealkylation sites (tertiary alicyclic amines) is 1. The minimum absolute atomic E-state index is 0.107. The molecule has 21 heavy (non-hydrogen) atoms. The van der Waals surface area contributed by atoms with E-state index in [1.807, 2.05) is 30.3 Å². The number of aromatic nitrogens is 3. The molecule has 0 aliphatic carbocycles. The Morgan fingerprint density at radius 1 is 1.33 bits per heavy atom. The number of nitrogens with two attached hydrogens (primary N) is 1. The van der Waals surface area contributed by atoms with E-state index < -0.39 is 0 Å². The summed E-state index contributed by atoms with van der Waals surface area (Å²) in [6.07, 6.45) is 6.09. The molecule has 3 rings (SSSR count). The van der Waals surface area contributed by atoms with E-state index in [0.717, 1.165) is 37.2 Å². The van der Waals surface area contributed by atoms with E-state index in [0.29, 0.717) is 11.4 Å². The second-order valence-electron chi connectivity index (χ2n) is 5.40. The van der Waals surface area contributed by atoms with Crippen molar-refractivity contribution in [2.75, 3.05) is 18.8 Å². The van der Waals surface area contributed by atoms with E-state index >= 15 is 0 Å². The van der Waals surface area contributed by atoms with Gasteiger partial charge in [-0.3, -0.25) is 14.5 Å². The zero-order valence-electron chi connectivity index (χ0n) is 12.1. The number of carbonyl (C=O) groups is 1. The first kappa shape index (κ1) is 13.6. The van der Waals surface area contributed by atoms with Gasteiger partial charge in [-0.15, -0.1) is 0 Å². The summed E-state index contributed by atoms with van der Waals surface area (Å²) in [4.78, 5) is 18.7. The van der Waals surface area contributed by atoms with Crippen molar-refractivity contribution in [1.29, 1.82) is 0 Å². The van der Waals surface area contributed by atoms with Crippen LogP contribution >= 0.6 is 0 Å². The third-order valence-corrected chi connectivity index (χ3v) is 3.79. The van der Waals surface area contributed by atoms with E-state index in [1.54, 1.807) is 10.9 Å². The molecule has 0 aromatic carbocycles. The maximum Gasteiger partial charge on any atom is 0.228 e. The summed E-state index contributed by atoms with van der Waals surface area (Å²) in [6.45, 7) is 1.70. The highest BCUT2D eigenvalue weighted by molar-refractivity contribution is 5.80. The van der Waals surface area contributed by atoms with E-state index in [2.05, 4.69) is 10.1 Å². The average Bonchev–Trinajstić information content (AvgIpc) is 3.12. The van der Waals surface area contributed by atoms with Crippen molar-refractivity contribution in [2.45, 2.75) is 19.3 Å². The maximum atomic E-state index is 12.2. The van der Waals surface area contributed by atoms with Crippen LogP contribution in [0.15, 0.2) is 24.5 Å². The molecule has 2 N–H and O–H groups in total. The average molecular weight is 285 g/mol. The van der Waals surface area contributed by atoms with Gasteiger partial charge in [0.25, 0.3) is 0 Å². The fourth-order valence-corrected chi connectivity index (χ4v) is 2.59. The normalized spacial score (nSPS) is 14.6. The molecule has 1 amide bonds. The van der Waals surface area contributed by atoms with Gasteiger partial charge in [0.05, 0.1) is 29.7 Å². The Morgan fingerprint density at radius 3 is 2.76 bits per heavy atom. The summed E-state index contributed by atoms with van der Waals surface area (Å²) in [6, 6.07) is 3.66. The summed E-state index contributed by atoms with van der Waals surface area (Å²) >= 11 is 0. The van der Waals surface area contributed by atoms with E-state index in [1.165, 1.54) is 0 Å². The van der Waals surface area contributed by atoms with Crippen molar-refractivity contribution in [3.8, 4) is 11.3 Å². The monoisotopic (exact) mass is 285 g/mol. The number of amides is 1. The lowest BCUT2D eigenvalue weighted by molar-refractivity contribution is -0.129. The number of anilines is 1. The van der Waals surface area contributed by atoms with Crippen molar-refractivity contribution in [3.05, 3.63) is 30.2 Å². The van der Waals surface area contributed by atoms with Gasteiger partial charge in [0, 0.05) is 31.9 Å². The van der Waals surface area contributed by atoms with Crippen LogP contribution in [0, 0.1) is 0 Å². The predicted octanol–water partition coefficient (Wildman–Crippen LogP) is 1.23. The Labute approximate surface area is 123 Å². The highest BCUT2D eigenvalue weighted by Gasteiger charge is 2.19. The summed E-state index contributed by atoms with van der Waals surface area (Å²) in [5.74, 6) is 0.107. The molecule has 0 atom stereocenters. The Balaban J connectivity index is 1.82. The lowest BCUT2D eigenvalue weighted by Gasteiger charge is -2.15. The molecule has 0 saturated carbocycles. The number of rotatable bonds is 3. The Morgan fingerprint density at radius 2 is 2.10 bits per heavy atom. The number of hydrogen-bond acceptors (Lipinski definition) is 4. The zero-order valence-corrected chi connectivity index (χ0v) is 12.1. The van der Waals surface area contributed by atoms with E-state index in [9.17, 15) is 4.79 Å². The lowest BCUT2D eigenvalue weighted by Crippen LogP contribution is -2.29. The van der Waals surface area contributed by atoms with Gasteiger partial charge < -0.3 is 10.6 Å². The van der Waals surface area contributed by atoms with Crippen LogP contribution in [0.4, 0.5) is 5.69 Å². The first-order chi connectivity index (χ1) is 10.1. The fraction of sp³-hybridized carbons (Fsp3) is 0.400. The molecule has 1 aliphatic rings. The van der Waals surface area contributed by atoms with E-state index in [-0.39, 0.29) is 12.3 Å². The number of hydrogen-bond donors (Lipinski definition) is 1. The zero-order chi connectivity index (χ0) is 14.8. The minimum Gasteiger partial charge on any atom is -0.397 e. The molecule has 1 aliphatic heterocycles. The predicted molar refractivity (Wildman–Crippen MR) is 80.4 cm³/mol. The topological polar surface area (TPSA) is 77.0 Å². The Hall–Kier alpha value is -2.37. The third-order valence-electron chi connectivity index (χ3n) is 3.79. The van der Waals surface area contributed by atoms with Gasteiger partial charge in [-0.25, -0.2) is 0 Å². The second kappa shape index (κ2) is 5.55. The molecule has 1 fully saturated rings. The summed E-state index contributed by atoms with van der Waals surface area (Å²) in [7, 11) is 1.86. The number of pyridine rings is 1. The summed E-state index contributed by atoms with van der Waals surface area (Å²) in [5, 5.41) is 4.14. The van der Waals surface area contributed by atoms with Crippen molar-refractivity contribution in [2.24, 2.45) is 7.05 Å². The van der Waals surface area contributed by atoms with Gasteiger partial charge in [-0.05, 0) is 25.0 Å². The molecular formula is C15H19N5O. The SMILES string of the molecule is Cn1cc(-c2ccc(N)c(CC(=O)N3CCCC3)n2)cn1. The minimum atomic E-state index is 0.107. The van der Waals surface area contributed by atoms with Crippen LogP contribution in [0.25, 0.3) is 11.3 Å². The molecule has 0 unspecified atom stereocenters. The van der Waals surface area contributed by atoms with Gasteiger partial charge in [0.15, 0.2) is 0 Å². The molecule has 110 valence electrons. The van der Waals surface area contributed by atoms with Crippen LogP contribution in [0.2, 0.25) is 0 Å². The van der Waals surface area contributed by atoms with Crippen LogP contribution in [-0.4, -0.2) is 38.7 Å². The van der Waals surface area contributed by atoms with Crippen LogP contribution in [-0.2, 0) is 18.3 Å². The van der Waals surface area contributed by atoms with Crippen LogP contribution < -0.4 is 5.73 Å². The van der Waals surface area contributed by atoms with Gasteiger partial charge in [-0.1, -0.05) is 0 Å². The van der Waals surface area contributed by atoms with Crippen molar-refractivity contribution >= 4 is 11.6 Å². The Kier molecular flexibility index (Phi) is 3.60. The molecule has 2 aromatic heterocycles. The number of aryl methyl sites for hydroxylation is 1. The van der Waals surface area contributed by atoms with Crippen molar-refractivity contribution < 1.29 is 4.79 Å². The van der Waals surface area contributed by atoms with Crippen molar-refractivity contribution in [1.82, 2.24) is 19.7 Å². The maximum absolute atomic E-state index is 12.2. The third kappa shape index (κ3) is 2.89. The quantitative estimate of drug-likeness (QED) is 0.920. The Bertz CT molecular complexity index is 658. The standard InChI is InChI=1S/C15H19N5O/c1-19-10-11(9-17-19)13-5-4-12(16)14(18-13)8-15(21)20-6-2-3-7-20/h4-5,9-10H,2-3,6-8,16H2,1H3. The molecular weight excluding hydrogens is 266 g/mol. The highest BCUT2D eigenvalue weighted by atomic mass is 16.2. The molecule has 2 aromatic rings. The van der Waals surface area contributed by atoms with Crippen molar-refractivity contribution in [3.63, 3.8) is 0 Å². The number of nitrogen functional groups attached to an aromatic ring is 1. The molecule has 0 bridgehead atoms. The first-order valence-corrected chi connectivity index (χ1v) is 7.15. The van der Waals surface area contributed by atoms with Gasteiger partial charge >= 0.3 is 0 Å². The van der Waals surface area contributed by atoms with Gasteiger partial charge in [0.1, 0.15) is 0 Å². The van der Waals surface area contributed by atoms with Gasteiger partial charge in [0.2, 0.25) is 5.91 Å². The molecule has 3 heterocycles. The molecule has 6 heteroatoms. The van der Waals surface area contributed by atoms with Crippen LogP contribution in [0.1, 0.15) is 18.5 Å². The van der Waals surface area contributed by atoms with Crippen LogP contribution in [0.5, 0.6) is 0 Å². The lowest BCUT2D eigenvalue weighted by atomic mass is 10.1. The highest BCUT2D eigenvalue weighted by Crippen LogP contribution is 2.21. The second-order valence-corrected chi connectivity index (χ2v) is 5.40. The van der Waals surface area contributed by atoms with E-state index in [4.69, 9.17) is 5.73 Å². The molecule has 1 saturated heterocycles. The van der Waals surface area contributed by atoms with Crippen LogP contribution in [0.3, 0.4) is 0 Å². The number of carbonyl (C=O) groups excluding carboxylic acids is 1. The summed E-state index contributed by atoms with van der Waals surface area (Å²) in [5.41, 5.74) is 8.89. The molecule has 0 spiro atoms.